The third kappa shape index (κ3) is 4.66. The van der Waals surface area contributed by atoms with E-state index >= 15 is 0 Å². The van der Waals surface area contributed by atoms with Crippen LogP contribution in [0.15, 0.2) is 53.4 Å². The number of nitrogens with zero attached hydrogens (tertiary/aromatic N) is 2. The lowest BCUT2D eigenvalue weighted by Gasteiger charge is -2.30. The molecule has 0 aliphatic carbocycles. The average molecular weight is 422 g/mol. The molecular weight excluding hydrogens is 398 g/mol. The molecule has 0 bridgehead atoms. The number of rotatable bonds is 5. The number of nitrogens with one attached hydrogen (secondary N) is 1. The van der Waals surface area contributed by atoms with Crippen LogP contribution in [0.4, 0.5) is 11.4 Å². The van der Waals surface area contributed by atoms with Crippen LogP contribution in [0.25, 0.3) is 0 Å². The number of piperidine rings is 1. The smallest absolute Gasteiger partial charge is 0.243 e. The van der Waals surface area contributed by atoms with Crippen molar-refractivity contribution in [3.8, 4) is 0 Å². The summed E-state index contributed by atoms with van der Waals surface area (Å²) < 4.78 is 26.9. The molecule has 0 saturated carbocycles. The van der Waals surface area contributed by atoms with Crippen LogP contribution in [0.3, 0.4) is 0 Å². The van der Waals surface area contributed by atoms with Crippen LogP contribution in [0.2, 0.25) is 5.02 Å². The van der Waals surface area contributed by atoms with E-state index in [0.717, 1.165) is 11.4 Å². The molecule has 3 rings (SSSR count). The molecule has 1 aliphatic heterocycles. The standard InChI is InChI=1S/C20H24ClN3O3S/c1-23(2)18-7-5-17(6-8-18)22-20(25)15-11-13-24(14-12-15)28(26,27)19-9-3-16(21)4-10-19/h3-10,15H,11-14H2,1-2H3,(H,22,25). The number of hydrogen-bond acceptors (Lipinski definition) is 4. The van der Waals surface area contributed by atoms with Crippen molar-refractivity contribution in [2.45, 2.75) is 17.7 Å². The number of sulfonamides is 1. The van der Waals surface area contributed by atoms with Crippen LogP contribution in [0.5, 0.6) is 0 Å². The lowest BCUT2D eigenvalue weighted by molar-refractivity contribution is -0.120. The van der Waals surface area contributed by atoms with Gasteiger partial charge < -0.3 is 10.2 Å². The van der Waals surface area contributed by atoms with Crippen molar-refractivity contribution in [1.82, 2.24) is 4.31 Å². The Morgan fingerprint density at radius 1 is 1.04 bits per heavy atom. The molecule has 0 radical (unpaired) electrons. The van der Waals surface area contributed by atoms with Crippen LogP contribution >= 0.6 is 11.6 Å². The quantitative estimate of drug-likeness (QED) is 0.802. The van der Waals surface area contributed by atoms with Gasteiger partial charge in [0, 0.05) is 49.5 Å². The largest absolute Gasteiger partial charge is 0.378 e. The van der Waals surface area contributed by atoms with Crippen molar-refractivity contribution in [3.05, 3.63) is 53.6 Å². The number of hydrogen-bond donors (Lipinski definition) is 1. The predicted molar refractivity (Wildman–Crippen MR) is 112 cm³/mol. The van der Waals surface area contributed by atoms with E-state index in [9.17, 15) is 13.2 Å². The molecule has 2 aromatic rings. The zero-order chi connectivity index (χ0) is 20.3. The molecule has 1 fully saturated rings. The average Bonchev–Trinajstić information content (AvgIpc) is 2.69. The van der Waals surface area contributed by atoms with Crippen LogP contribution in [0, 0.1) is 5.92 Å². The summed E-state index contributed by atoms with van der Waals surface area (Å²) in [4.78, 5) is 14.8. The molecule has 0 unspecified atom stereocenters. The van der Waals surface area contributed by atoms with Gasteiger partial charge in [-0.15, -0.1) is 0 Å². The first-order valence-corrected chi connectivity index (χ1v) is 10.9. The Hall–Kier alpha value is -2.09. The molecule has 1 amide bonds. The summed E-state index contributed by atoms with van der Waals surface area (Å²) in [6, 6.07) is 13.8. The Morgan fingerprint density at radius 3 is 2.14 bits per heavy atom. The van der Waals surface area contributed by atoms with Gasteiger partial charge in [0.15, 0.2) is 0 Å². The van der Waals surface area contributed by atoms with E-state index in [1.54, 1.807) is 12.1 Å². The Morgan fingerprint density at radius 2 is 1.61 bits per heavy atom. The molecule has 28 heavy (non-hydrogen) atoms. The Bertz CT molecular complexity index is 920. The Labute approximate surface area is 171 Å². The molecule has 6 nitrogen and oxygen atoms in total. The summed E-state index contributed by atoms with van der Waals surface area (Å²) in [5, 5.41) is 3.42. The number of carbonyl (C=O) groups excluding carboxylic acids is 1. The van der Waals surface area contributed by atoms with Gasteiger partial charge in [0.05, 0.1) is 4.90 Å². The molecule has 1 heterocycles. The van der Waals surface area contributed by atoms with E-state index in [1.165, 1.54) is 16.4 Å². The summed E-state index contributed by atoms with van der Waals surface area (Å²) in [7, 11) is 0.354. The summed E-state index contributed by atoms with van der Waals surface area (Å²) in [5.74, 6) is -0.272. The molecule has 8 heteroatoms. The van der Waals surface area contributed by atoms with Gasteiger partial charge in [-0.1, -0.05) is 11.6 Å². The first kappa shape index (κ1) is 20.6. The predicted octanol–water partition coefficient (Wildman–Crippen LogP) is 3.45. The maximum atomic E-state index is 12.7. The summed E-state index contributed by atoms with van der Waals surface area (Å²) >= 11 is 5.84. The third-order valence-electron chi connectivity index (χ3n) is 4.93. The number of halogens is 1. The lowest BCUT2D eigenvalue weighted by Crippen LogP contribution is -2.41. The normalized spacial score (nSPS) is 16.0. The molecule has 1 aliphatic rings. The minimum absolute atomic E-state index is 0.0684. The van der Waals surface area contributed by atoms with Crippen LogP contribution in [-0.4, -0.2) is 45.8 Å². The van der Waals surface area contributed by atoms with Gasteiger partial charge in [0.1, 0.15) is 0 Å². The highest BCUT2D eigenvalue weighted by atomic mass is 35.5. The molecule has 1 N–H and O–H groups in total. The Balaban J connectivity index is 1.58. The van der Waals surface area contributed by atoms with Gasteiger partial charge in [-0.25, -0.2) is 8.42 Å². The molecule has 0 spiro atoms. The second kappa shape index (κ2) is 8.51. The van der Waals surface area contributed by atoms with Gasteiger partial charge in [-0.2, -0.15) is 4.31 Å². The fraction of sp³-hybridized carbons (Fsp3) is 0.350. The maximum absolute atomic E-state index is 12.7. The molecule has 1 saturated heterocycles. The maximum Gasteiger partial charge on any atom is 0.243 e. The summed E-state index contributed by atoms with van der Waals surface area (Å²) in [5.41, 5.74) is 1.80. The zero-order valence-electron chi connectivity index (χ0n) is 15.9. The molecule has 2 aromatic carbocycles. The fourth-order valence-electron chi connectivity index (χ4n) is 3.20. The minimum atomic E-state index is -3.56. The molecular formula is C20H24ClN3O3S. The van der Waals surface area contributed by atoms with E-state index in [0.29, 0.717) is 31.0 Å². The second-order valence-electron chi connectivity index (χ2n) is 7.06. The lowest BCUT2D eigenvalue weighted by atomic mass is 9.97. The SMILES string of the molecule is CN(C)c1ccc(NC(=O)C2CCN(S(=O)(=O)c3ccc(Cl)cc3)CC2)cc1. The van der Waals surface area contributed by atoms with Gasteiger partial charge in [-0.05, 0) is 61.4 Å². The molecule has 150 valence electrons. The van der Waals surface area contributed by atoms with Crippen molar-refractivity contribution in [3.63, 3.8) is 0 Å². The van der Waals surface area contributed by atoms with Crippen molar-refractivity contribution >= 4 is 38.9 Å². The van der Waals surface area contributed by atoms with Gasteiger partial charge in [0.25, 0.3) is 0 Å². The highest BCUT2D eigenvalue weighted by molar-refractivity contribution is 7.89. The minimum Gasteiger partial charge on any atom is -0.378 e. The first-order chi connectivity index (χ1) is 13.3. The second-order valence-corrected chi connectivity index (χ2v) is 9.44. The van der Waals surface area contributed by atoms with Crippen molar-refractivity contribution in [1.29, 1.82) is 0 Å². The summed E-state index contributed by atoms with van der Waals surface area (Å²) in [6.45, 7) is 0.644. The van der Waals surface area contributed by atoms with E-state index in [-0.39, 0.29) is 16.7 Å². The van der Waals surface area contributed by atoms with Gasteiger partial charge >= 0.3 is 0 Å². The monoisotopic (exact) mass is 421 g/mol. The summed E-state index contributed by atoms with van der Waals surface area (Å²) in [6.07, 6.45) is 0.989. The number of benzene rings is 2. The fourth-order valence-corrected chi connectivity index (χ4v) is 4.80. The zero-order valence-corrected chi connectivity index (χ0v) is 17.5. The van der Waals surface area contributed by atoms with E-state index < -0.39 is 10.0 Å². The van der Waals surface area contributed by atoms with Crippen molar-refractivity contribution in [2.75, 3.05) is 37.4 Å². The van der Waals surface area contributed by atoms with Crippen LogP contribution < -0.4 is 10.2 Å². The molecule has 0 aromatic heterocycles. The highest BCUT2D eigenvalue weighted by Gasteiger charge is 2.32. The van der Waals surface area contributed by atoms with Gasteiger partial charge in [-0.3, -0.25) is 4.79 Å². The van der Waals surface area contributed by atoms with E-state index in [4.69, 9.17) is 11.6 Å². The van der Waals surface area contributed by atoms with Crippen LogP contribution in [0.1, 0.15) is 12.8 Å². The third-order valence-corrected chi connectivity index (χ3v) is 7.09. The Kier molecular flexibility index (Phi) is 6.27. The number of anilines is 2. The number of carbonyl (C=O) groups is 1. The first-order valence-electron chi connectivity index (χ1n) is 9.11. The van der Waals surface area contributed by atoms with Crippen molar-refractivity contribution in [2.24, 2.45) is 5.92 Å². The van der Waals surface area contributed by atoms with E-state index in [1.807, 2.05) is 43.3 Å². The van der Waals surface area contributed by atoms with Crippen LogP contribution in [-0.2, 0) is 14.8 Å². The van der Waals surface area contributed by atoms with Crippen molar-refractivity contribution < 1.29 is 13.2 Å². The number of amides is 1. The van der Waals surface area contributed by atoms with Gasteiger partial charge in [0.2, 0.25) is 15.9 Å². The topological polar surface area (TPSA) is 69.7 Å². The highest BCUT2D eigenvalue weighted by Crippen LogP contribution is 2.26. The van der Waals surface area contributed by atoms with E-state index in [2.05, 4.69) is 5.32 Å². The molecule has 0 atom stereocenters.